The Balaban J connectivity index is 0.00000225. The Morgan fingerprint density at radius 1 is 1.31 bits per heavy atom. The summed E-state index contributed by atoms with van der Waals surface area (Å²) in [4.78, 5) is 12.6. The van der Waals surface area contributed by atoms with Crippen molar-refractivity contribution in [2.45, 2.75) is 26.1 Å². The van der Waals surface area contributed by atoms with Gasteiger partial charge in [0.25, 0.3) is 0 Å². The molecule has 0 aromatic rings. The molecule has 2 N–H and O–H groups in total. The van der Waals surface area contributed by atoms with Crippen molar-refractivity contribution >= 4 is 18.3 Å². The van der Waals surface area contributed by atoms with Gasteiger partial charge < -0.3 is 10.6 Å². The third-order valence-corrected chi connectivity index (χ3v) is 2.92. The van der Waals surface area contributed by atoms with Crippen LogP contribution in [0, 0.1) is 11.8 Å². The van der Waals surface area contributed by atoms with E-state index in [1.165, 1.54) is 4.90 Å². The number of hydrogen-bond acceptors (Lipinski definition) is 2. The number of nitrogens with zero attached hydrogens (tertiary/aromatic N) is 1. The topological polar surface area (TPSA) is 46.3 Å². The summed E-state index contributed by atoms with van der Waals surface area (Å²) in [5.41, 5.74) is 4.85. The highest BCUT2D eigenvalue weighted by atomic mass is 35.5. The largest absolute Gasteiger partial charge is 0.412 e. The molecule has 96 valence electrons. The SMILES string of the molecule is CC1CN(C(=O)C(N)C(F)(F)F)CC1C.Cl. The van der Waals surface area contributed by atoms with Crippen molar-refractivity contribution in [1.82, 2.24) is 4.90 Å². The van der Waals surface area contributed by atoms with Crippen LogP contribution in [0.1, 0.15) is 13.8 Å². The van der Waals surface area contributed by atoms with Gasteiger partial charge in [-0.05, 0) is 11.8 Å². The molecule has 0 aromatic heterocycles. The number of nitrogens with two attached hydrogens (primary N) is 1. The van der Waals surface area contributed by atoms with Gasteiger partial charge in [-0.1, -0.05) is 13.8 Å². The first kappa shape index (κ1) is 15.5. The summed E-state index contributed by atoms with van der Waals surface area (Å²) in [5.74, 6) is -0.553. The van der Waals surface area contributed by atoms with Gasteiger partial charge in [0.2, 0.25) is 5.91 Å². The molecule has 3 atom stereocenters. The molecule has 1 heterocycles. The number of hydrogen-bond donors (Lipinski definition) is 1. The first-order chi connectivity index (χ1) is 6.73. The van der Waals surface area contributed by atoms with E-state index >= 15 is 0 Å². The van der Waals surface area contributed by atoms with E-state index in [1.54, 1.807) is 0 Å². The van der Waals surface area contributed by atoms with Crippen molar-refractivity contribution in [3.05, 3.63) is 0 Å². The number of likely N-dealkylation sites (tertiary alicyclic amines) is 1. The van der Waals surface area contributed by atoms with Gasteiger partial charge in [-0.15, -0.1) is 12.4 Å². The lowest BCUT2D eigenvalue weighted by molar-refractivity contribution is -0.169. The Morgan fingerprint density at radius 2 is 1.69 bits per heavy atom. The average molecular weight is 261 g/mol. The first-order valence-electron chi connectivity index (χ1n) is 4.84. The molecule has 0 radical (unpaired) electrons. The molecule has 0 saturated carbocycles. The van der Waals surface area contributed by atoms with Gasteiger partial charge in [0.05, 0.1) is 0 Å². The van der Waals surface area contributed by atoms with Gasteiger partial charge in [0.15, 0.2) is 6.04 Å². The predicted molar refractivity (Wildman–Crippen MR) is 56.2 cm³/mol. The highest BCUT2D eigenvalue weighted by molar-refractivity contribution is 5.85. The Labute approximate surface area is 98.6 Å². The lowest BCUT2D eigenvalue weighted by Gasteiger charge is -2.22. The van der Waals surface area contributed by atoms with E-state index in [-0.39, 0.29) is 24.2 Å². The smallest absolute Gasteiger partial charge is 0.340 e. The summed E-state index contributed by atoms with van der Waals surface area (Å²) in [7, 11) is 0. The Hall–Kier alpha value is -0.490. The summed E-state index contributed by atoms with van der Waals surface area (Å²) in [5, 5.41) is 0. The molecule has 1 fully saturated rings. The van der Waals surface area contributed by atoms with E-state index in [2.05, 4.69) is 0 Å². The zero-order valence-electron chi connectivity index (χ0n) is 9.12. The fourth-order valence-corrected chi connectivity index (χ4v) is 1.65. The van der Waals surface area contributed by atoms with Crippen LogP contribution >= 0.6 is 12.4 Å². The molecule has 0 bridgehead atoms. The molecule has 1 aliphatic rings. The zero-order valence-corrected chi connectivity index (χ0v) is 9.94. The monoisotopic (exact) mass is 260 g/mol. The Kier molecular flexibility index (Phi) is 5.07. The minimum absolute atomic E-state index is 0. The lowest BCUT2D eigenvalue weighted by atomic mass is 10.0. The van der Waals surface area contributed by atoms with Crippen molar-refractivity contribution in [2.75, 3.05) is 13.1 Å². The molecule has 0 aliphatic carbocycles. The fourth-order valence-electron chi connectivity index (χ4n) is 1.65. The molecular formula is C9H16ClF3N2O. The number of carbonyl (C=O) groups excluding carboxylic acids is 1. The first-order valence-corrected chi connectivity index (χ1v) is 4.84. The van der Waals surface area contributed by atoms with Crippen LogP contribution in [0.25, 0.3) is 0 Å². The number of rotatable bonds is 1. The molecule has 1 amide bonds. The second-order valence-electron chi connectivity index (χ2n) is 4.22. The maximum Gasteiger partial charge on any atom is 0.412 e. The maximum absolute atomic E-state index is 12.2. The number of carbonyl (C=O) groups is 1. The second kappa shape index (κ2) is 5.23. The molecule has 16 heavy (non-hydrogen) atoms. The molecule has 7 heteroatoms. The second-order valence-corrected chi connectivity index (χ2v) is 4.22. The van der Waals surface area contributed by atoms with E-state index in [1.807, 2.05) is 13.8 Å². The third-order valence-electron chi connectivity index (χ3n) is 2.92. The van der Waals surface area contributed by atoms with Crippen LogP contribution in [0.2, 0.25) is 0 Å². The zero-order chi connectivity index (χ0) is 11.8. The molecule has 0 spiro atoms. The van der Waals surface area contributed by atoms with E-state index in [4.69, 9.17) is 5.73 Å². The van der Waals surface area contributed by atoms with Crippen LogP contribution in [0.4, 0.5) is 13.2 Å². The Morgan fingerprint density at radius 3 is 2.00 bits per heavy atom. The molecule has 1 aliphatic heterocycles. The van der Waals surface area contributed by atoms with E-state index in [0.29, 0.717) is 13.1 Å². The van der Waals surface area contributed by atoms with Crippen molar-refractivity contribution in [1.29, 1.82) is 0 Å². The van der Waals surface area contributed by atoms with Crippen LogP contribution in [0.3, 0.4) is 0 Å². The summed E-state index contributed by atoms with van der Waals surface area (Å²) in [6, 6.07) is -2.38. The normalized spacial score (nSPS) is 27.5. The van der Waals surface area contributed by atoms with Gasteiger partial charge in [-0.25, -0.2) is 0 Å². The number of amides is 1. The van der Waals surface area contributed by atoms with Crippen LogP contribution in [0.15, 0.2) is 0 Å². The molecule has 1 saturated heterocycles. The summed E-state index contributed by atoms with van der Waals surface area (Å²) in [6.07, 6.45) is -4.65. The van der Waals surface area contributed by atoms with E-state index in [9.17, 15) is 18.0 Å². The van der Waals surface area contributed by atoms with Gasteiger partial charge in [0.1, 0.15) is 0 Å². The van der Waals surface area contributed by atoms with Crippen LogP contribution in [-0.4, -0.2) is 36.1 Å². The minimum Gasteiger partial charge on any atom is -0.340 e. The highest BCUT2D eigenvalue weighted by Crippen LogP contribution is 2.26. The number of halogens is 4. The molecule has 0 aromatic carbocycles. The summed E-state index contributed by atoms with van der Waals surface area (Å²) >= 11 is 0. The Bertz CT molecular complexity index is 250. The average Bonchev–Trinajstić information content (AvgIpc) is 2.43. The van der Waals surface area contributed by atoms with E-state index < -0.39 is 18.1 Å². The highest BCUT2D eigenvalue weighted by Gasteiger charge is 2.45. The van der Waals surface area contributed by atoms with E-state index in [0.717, 1.165) is 0 Å². The number of alkyl halides is 3. The van der Waals surface area contributed by atoms with Gasteiger partial charge in [0, 0.05) is 13.1 Å². The van der Waals surface area contributed by atoms with Gasteiger partial charge >= 0.3 is 6.18 Å². The standard InChI is InChI=1S/C9H15F3N2O.ClH/c1-5-3-14(4-6(5)2)8(15)7(13)9(10,11)12;/h5-7H,3-4,13H2,1-2H3;1H. The van der Waals surface area contributed by atoms with Crippen LogP contribution < -0.4 is 5.73 Å². The summed E-state index contributed by atoms with van der Waals surface area (Å²) < 4.78 is 36.5. The quantitative estimate of drug-likeness (QED) is 0.775. The molecule has 3 nitrogen and oxygen atoms in total. The van der Waals surface area contributed by atoms with Crippen LogP contribution in [0.5, 0.6) is 0 Å². The van der Waals surface area contributed by atoms with Crippen molar-refractivity contribution in [2.24, 2.45) is 17.6 Å². The van der Waals surface area contributed by atoms with Gasteiger partial charge in [-0.2, -0.15) is 13.2 Å². The molecular weight excluding hydrogens is 245 g/mol. The van der Waals surface area contributed by atoms with Crippen molar-refractivity contribution in [3.63, 3.8) is 0 Å². The lowest BCUT2D eigenvalue weighted by Crippen LogP contribution is -2.51. The van der Waals surface area contributed by atoms with Crippen molar-refractivity contribution in [3.8, 4) is 0 Å². The van der Waals surface area contributed by atoms with Crippen LogP contribution in [-0.2, 0) is 4.79 Å². The third kappa shape index (κ3) is 3.25. The minimum atomic E-state index is -4.65. The molecule has 1 rings (SSSR count). The van der Waals surface area contributed by atoms with Crippen molar-refractivity contribution < 1.29 is 18.0 Å². The van der Waals surface area contributed by atoms with Gasteiger partial charge in [-0.3, -0.25) is 4.79 Å². The molecule has 3 unspecified atom stereocenters. The fraction of sp³-hybridized carbons (Fsp3) is 0.889. The maximum atomic E-state index is 12.2. The predicted octanol–water partition coefficient (Wildman–Crippen LogP) is 1.41. The summed E-state index contributed by atoms with van der Waals surface area (Å²) in [6.45, 7) is 4.56.